The number of aryl methyl sites for hydroxylation is 1. The molecule has 2 unspecified atom stereocenters. The first-order chi connectivity index (χ1) is 12.2. The minimum absolute atomic E-state index is 0.0875. The van der Waals surface area contributed by atoms with Crippen LogP contribution in [0.1, 0.15) is 50.2 Å². The molecule has 0 amide bonds. The molecule has 0 radical (unpaired) electrons. The predicted molar refractivity (Wildman–Crippen MR) is 93.9 cm³/mol. The third kappa shape index (κ3) is 3.59. The maximum atomic E-state index is 14.1. The first kappa shape index (κ1) is 19.2. The van der Waals surface area contributed by atoms with E-state index < -0.39 is 23.0 Å². The summed E-state index contributed by atoms with van der Waals surface area (Å²) in [5.41, 5.74) is 0.935. The average molecular weight is 368 g/mol. The molecule has 0 bridgehead atoms. The minimum Gasteiger partial charge on any atom is -0.378 e. The molecule has 0 N–H and O–H groups in total. The van der Waals surface area contributed by atoms with Crippen molar-refractivity contribution in [2.75, 3.05) is 6.61 Å². The Morgan fingerprint density at radius 1 is 0.962 bits per heavy atom. The number of rotatable bonds is 4. The van der Waals surface area contributed by atoms with Gasteiger partial charge in [-0.05, 0) is 50.7 Å². The Hall–Kier alpha value is -1.62. The van der Waals surface area contributed by atoms with Crippen LogP contribution in [0.3, 0.4) is 0 Å². The zero-order valence-electron chi connectivity index (χ0n) is 15.1. The van der Waals surface area contributed by atoms with Crippen LogP contribution in [0.25, 0.3) is 0 Å². The third-order valence-electron chi connectivity index (χ3n) is 5.47. The van der Waals surface area contributed by atoms with Crippen LogP contribution in [0, 0.1) is 0 Å². The fourth-order valence-electron chi connectivity index (χ4n) is 3.51. The average Bonchev–Trinajstić information content (AvgIpc) is 2.61. The first-order valence-electron chi connectivity index (χ1n) is 9.06. The van der Waals surface area contributed by atoms with Crippen LogP contribution in [-0.4, -0.2) is 24.6 Å². The van der Waals surface area contributed by atoms with Gasteiger partial charge in [-0.25, -0.2) is 0 Å². The highest BCUT2D eigenvalue weighted by atomic mass is 19.3. The molecule has 1 nitrogen and oxygen atoms in total. The largest absolute Gasteiger partial charge is 0.378 e. The summed E-state index contributed by atoms with van der Waals surface area (Å²) < 4.78 is 61.4. The van der Waals surface area contributed by atoms with E-state index in [0.29, 0.717) is 25.0 Å². The number of ether oxygens (including phenoxy) is 1. The summed E-state index contributed by atoms with van der Waals surface area (Å²) in [5, 5.41) is 0. The highest BCUT2D eigenvalue weighted by Gasteiger charge is 2.60. The van der Waals surface area contributed by atoms with Crippen molar-refractivity contribution >= 4 is 0 Å². The molecule has 26 heavy (non-hydrogen) atoms. The molecule has 0 saturated carbocycles. The molecule has 1 aliphatic heterocycles. The molecule has 1 aromatic carbocycles. The van der Waals surface area contributed by atoms with Crippen LogP contribution in [-0.2, 0) is 11.2 Å². The summed E-state index contributed by atoms with van der Waals surface area (Å²) >= 11 is 0. The van der Waals surface area contributed by atoms with Crippen molar-refractivity contribution < 1.29 is 22.3 Å². The molecule has 0 spiro atoms. The monoisotopic (exact) mass is 368 g/mol. The van der Waals surface area contributed by atoms with E-state index in [2.05, 4.69) is 6.92 Å². The summed E-state index contributed by atoms with van der Waals surface area (Å²) in [4.78, 5) is 0. The highest BCUT2D eigenvalue weighted by Crippen LogP contribution is 2.48. The molecule has 2 atom stereocenters. The molecule has 3 rings (SSSR count). The maximum Gasteiger partial charge on any atom is 0.335 e. The Morgan fingerprint density at radius 3 is 2.27 bits per heavy atom. The Balaban J connectivity index is 1.63. The van der Waals surface area contributed by atoms with Gasteiger partial charge < -0.3 is 4.74 Å². The van der Waals surface area contributed by atoms with Gasteiger partial charge in [0.15, 0.2) is 0 Å². The number of halogens is 4. The molecule has 1 aromatic rings. The lowest BCUT2D eigenvalue weighted by Gasteiger charge is -2.32. The topological polar surface area (TPSA) is 9.23 Å². The fraction of sp³-hybridized carbons (Fsp3) is 0.524. The highest BCUT2D eigenvalue weighted by molar-refractivity contribution is 5.37. The van der Waals surface area contributed by atoms with Gasteiger partial charge in [0.2, 0.25) is 0 Å². The third-order valence-corrected chi connectivity index (χ3v) is 5.47. The van der Waals surface area contributed by atoms with Crippen molar-refractivity contribution in [1.82, 2.24) is 0 Å². The number of alkyl halides is 4. The molecule has 2 aliphatic rings. The van der Waals surface area contributed by atoms with E-state index in [9.17, 15) is 17.6 Å². The van der Waals surface area contributed by atoms with E-state index in [-0.39, 0.29) is 6.42 Å². The van der Waals surface area contributed by atoms with Gasteiger partial charge in [-0.2, -0.15) is 17.6 Å². The van der Waals surface area contributed by atoms with Crippen LogP contribution in [0.5, 0.6) is 0 Å². The van der Waals surface area contributed by atoms with Gasteiger partial charge >= 0.3 is 11.8 Å². The van der Waals surface area contributed by atoms with Crippen molar-refractivity contribution in [2.45, 2.75) is 63.4 Å². The second-order valence-electron chi connectivity index (χ2n) is 7.35. The summed E-state index contributed by atoms with van der Waals surface area (Å²) in [6.45, 7) is 3.80. The molecule has 1 aliphatic carbocycles. The van der Waals surface area contributed by atoms with E-state index in [1.165, 1.54) is 5.56 Å². The number of benzene rings is 1. The van der Waals surface area contributed by atoms with Gasteiger partial charge in [-0.3, -0.25) is 0 Å². The molecule has 0 aromatic heterocycles. The summed E-state index contributed by atoms with van der Waals surface area (Å²) in [6.07, 6.45) is 4.85. The Labute approximate surface area is 151 Å². The zero-order chi connectivity index (χ0) is 18.9. The summed E-state index contributed by atoms with van der Waals surface area (Å²) in [5.74, 6) is -7.88. The Kier molecular flexibility index (Phi) is 5.29. The lowest BCUT2D eigenvalue weighted by molar-refractivity contribution is -0.164. The van der Waals surface area contributed by atoms with Gasteiger partial charge in [0.1, 0.15) is 0 Å². The second-order valence-corrected chi connectivity index (χ2v) is 7.35. The van der Waals surface area contributed by atoms with Crippen molar-refractivity contribution in [1.29, 1.82) is 0 Å². The fourth-order valence-corrected chi connectivity index (χ4v) is 3.51. The number of hydrogen-bond donors (Lipinski definition) is 0. The van der Waals surface area contributed by atoms with E-state index in [1.807, 2.05) is 24.3 Å². The molecular weight excluding hydrogens is 344 g/mol. The SMILES string of the molecule is CC1=CC=C(CCc2ccc(C3CCC(C)OC3)cc2)C(F)(F)C1(F)F. The minimum atomic E-state index is -4.12. The van der Waals surface area contributed by atoms with Crippen LogP contribution in [0.2, 0.25) is 0 Å². The normalized spacial score (nSPS) is 27.6. The van der Waals surface area contributed by atoms with Crippen LogP contribution in [0.4, 0.5) is 17.6 Å². The smallest absolute Gasteiger partial charge is 0.335 e. The van der Waals surface area contributed by atoms with E-state index >= 15 is 0 Å². The van der Waals surface area contributed by atoms with Gasteiger partial charge in [0.25, 0.3) is 0 Å². The molecule has 5 heteroatoms. The number of allylic oxidation sites excluding steroid dienone is 4. The van der Waals surface area contributed by atoms with Gasteiger partial charge in [-0.15, -0.1) is 0 Å². The second kappa shape index (κ2) is 7.18. The van der Waals surface area contributed by atoms with E-state index in [4.69, 9.17) is 4.74 Å². The number of hydrogen-bond acceptors (Lipinski definition) is 1. The van der Waals surface area contributed by atoms with Crippen LogP contribution in [0.15, 0.2) is 47.6 Å². The van der Waals surface area contributed by atoms with E-state index in [1.54, 1.807) is 0 Å². The van der Waals surface area contributed by atoms with Gasteiger partial charge in [0, 0.05) is 17.1 Å². The molecule has 1 heterocycles. The van der Waals surface area contributed by atoms with Crippen molar-refractivity contribution in [3.8, 4) is 0 Å². The Bertz CT molecular complexity index is 695. The predicted octanol–water partition coefficient (Wildman–Crippen LogP) is 6.06. The lowest BCUT2D eigenvalue weighted by atomic mass is 9.87. The maximum absolute atomic E-state index is 14.1. The van der Waals surface area contributed by atoms with Gasteiger partial charge in [0.05, 0.1) is 12.7 Å². The standard InChI is InChI=1S/C21H24F4O/c1-14-3-11-19(21(24,25)20(14,22)23)12-7-16-5-9-17(10-6-16)18-8-4-15(2)26-13-18/h3,5-6,9-11,15,18H,4,7-8,12-13H2,1-2H3. The van der Waals surface area contributed by atoms with Crippen LogP contribution < -0.4 is 0 Å². The molecule has 142 valence electrons. The van der Waals surface area contributed by atoms with Crippen LogP contribution >= 0.6 is 0 Å². The van der Waals surface area contributed by atoms with Gasteiger partial charge in [-0.1, -0.05) is 36.4 Å². The van der Waals surface area contributed by atoms with Crippen molar-refractivity contribution in [3.05, 3.63) is 58.7 Å². The van der Waals surface area contributed by atoms with Crippen molar-refractivity contribution in [2.24, 2.45) is 0 Å². The quantitative estimate of drug-likeness (QED) is 0.587. The zero-order valence-corrected chi connectivity index (χ0v) is 15.1. The first-order valence-corrected chi connectivity index (χ1v) is 9.06. The summed E-state index contributed by atoms with van der Waals surface area (Å²) in [6, 6.07) is 7.78. The van der Waals surface area contributed by atoms with E-state index in [0.717, 1.165) is 37.5 Å². The molecule has 1 fully saturated rings. The Morgan fingerprint density at radius 2 is 1.65 bits per heavy atom. The lowest BCUT2D eigenvalue weighted by Crippen LogP contribution is -2.44. The van der Waals surface area contributed by atoms with Crippen molar-refractivity contribution in [3.63, 3.8) is 0 Å². The molecule has 1 saturated heterocycles. The molecular formula is C21H24F4O. The summed E-state index contributed by atoms with van der Waals surface area (Å²) in [7, 11) is 0.